The Morgan fingerprint density at radius 3 is 1.62 bits per heavy atom. The molecule has 0 saturated carbocycles. The van der Waals surface area contributed by atoms with Gasteiger partial charge in [0.2, 0.25) is 0 Å². The van der Waals surface area contributed by atoms with Crippen LogP contribution in [-0.2, 0) is 0 Å². The first kappa shape index (κ1) is 35.2. The number of benzene rings is 10. The first-order chi connectivity index (χ1) is 30.2. The molecule has 0 saturated heterocycles. The van der Waals surface area contributed by atoms with Crippen molar-refractivity contribution in [2.75, 3.05) is 4.90 Å². The van der Waals surface area contributed by atoms with Gasteiger partial charge >= 0.3 is 0 Å². The van der Waals surface area contributed by atoms with Crippen molar-refractivity contribution in [2.24, 2.45) is 0 Å². The minimum absolute atomic E-state index is 0.893. The number of hydrogen-bond donors (Lipinski definition) is 0. The van der Waals surface area contributed by atoms with Gasteiger partial charge in [-0.15, -0.1) is 11.3 Å². The number of nitrogens with zero attached hydrogens (tertiary/aromatic N) is 1. The molecule has 0 aliphatic rings. The molecule has 2 nitrogen and oxygen atoms in total. The number of thiophene rings is 1. The SMILES string of the molecule is c1ccc(-c2cccc3c2oc2ccc(-c4ccc(N(c5ccc(-c6ccc7ccccc7c6)cc5)c5ccc(-c6cccc7sc8ccccc8c67)cc5)cc4)cc23)cc1. The second kappa shape index (κ2) is 14.5. The molecule has 0 radical (unpaired) electrons. The monoisotopic (exact) mass is 795 g/mol. The molecule has 286 valence electrons. The lowest BCUT2D eigenvalue weighted by Gasteiger charge is -2.26. The highest BCUT2D eigenvalue weighted by molar-refractivity contribution is 7.25. The Balaban J connectivity index is 0.926. The van der Waals surface area contributed by atoms with Crippen LogP contribution < -0.4 is 4.90 Å². The molecule has 2 heterocycles. The van der Waals surface area contributed by atoms with Crippen molar-refractivity contribution < 1.29 is 4.42 Å². The number of para-hydroxylation sites is 1. The Labute approximate surface area is 357 Å². The van der Waals surface area contributed by atoms with Crippen molar-refractivity contribution in [3.05, 3.63) is 224 Å². The zero-order valence-electron chi connectivity index (χ0n) is 33.1. The highest BCUT2D eigenvalue weighted by atomic mass is 32.1. The summed E-state index contributed by atoms with van der Waals surface area (Å²) < 4.78 is 9.13. The van der Waals surface area contributed by atoms with E-state index in [0.29, 0.717) is 0 Å². The van der Waals surface area contributed by atoms with Crippen LogP contribution >= 0.6 is 11.3 Å². The third-order valence-electron chi connectivity index (χ3n) is 12.1. The van der Waals surface area contributed by atoms with Gasteiger partial charge in [-0.25, -0.2) is 0 Å². The van der Waals surface area contributed by atoms with E-state index in [2.05, 4.69) is 223 Å². The molecule has 12 aromatic rings. The van der Waals surface area contributed by atoms with Crippen LogP contribution in [0, 0.1) is 0 Å². The van der Waals surface area contributed by atoms with Gasteiger partial charge in [-0.05, 0) is 116 Å². The van der Waals surface area contributed by atoms with E-state index in [4.69, 9.17) is 4.42 Å². The molecule has 0 aliphatic carbocycles. The number of anilines is 3. The van der Waals surface area contributed by atoms with Crippen molar-refractivity contribution in [3.8, 4) is 44.5 Å². The molecule has 3 heteroatoms. The minimum atomic E-state index is 0.893. The van der Waals surface area contributed by atoms with E-state index in [1.54, 1.807) is 0 Å². The maximum Gasteiger partial charge on any atom is 0.143 e. The number of fused-ring (bicyclic) bond motifs is 7. The molecule has 0 N–H and O–H groups in total. The molecule has 0 unspecified atom stereocenters. The third kappa shape index (κ3) is 6.18. The lowest BCUT2D eigenvalue weighted by molar-refractivity contribution is 0.670. The molecule has 0 aliphatic heterocycles. The summed E-state index contributed by atoms with van der Waals surface area (Å²) in [6, 6.07) is 81.1. The van der Waals surface area contributed by atoms with Crippen LogP contribution in [0.1, 0.15) is 0 Å². The fraction of sp³-hybridized carbons (Fsp3) is 0. The van der Waals surface area contributed by atoms with E-state index in [1.165, 1.54) is 53.2 Å². The van der Waals surface area contributed by atoms with Crippen molar-refractivity contribution in [2.45, 2.75) is 0 Å². The van der Waals surface area contributed by atoms with Crippen molar-refractivity contribution in [3.63, 3.8) is 0 Å². The summed E-state index contributed by atoms with van der Waals surface area (Å²) in [5.74, 6) is 0. The normalized spacial score (nSPS) is 11.6. The highest BCUT2D eigenvalue weighted by Crippen LogP contribution is 2.43. The molecule has 0 amide bonds. The van der Waals surface area contributed by atoms with Crippen LogP contribution in [0.2, 0.25) is 0 Å². The lowest BCUT2D eigenvalue weighted by Crippen LogP contribution is -2.09. The van der Waals surface area contributed by atoms with Gasteiger partial charge in [-0.2, -0.15) is 0 Å². The fourth-order valence-corrected chi connectivity index (χ4v) is 10.2. The molecule has 10 aromatic carbocycles. The van der Waals surface area contributed by atoms with Crippen LogP contribution in [0.5, 0.6) is 0 Å². The second-order valence-electron chi connectivity index (χ2n) is 15.7. The number of furan rings is 1. The van der Waals surface area contributed by atoms with Crippen molar-refractivity contribution in [1.82, 2.24) is 0 Å². The van der Waals surface area contributed by atoms with Crippen molar-refractivity contribution in [1.29, 1.82) is 0 Å². The topological polar surface area (TPSA) is 16.4 Å². The van der Waals surface area contributed by atoms with Crippen LogP contribution in [0.3, 0.4) is 0 Å². The highest BCUT2D eigenvalue weighted by Gasteiger charge is 2.17. The van der Waals surface area contributed by atoms with Gasteiger partial charge in [0.05, 0.1) is 0 Å². The fourth-order valence-electron chi connectivity index (χ4n) is 9.05. The maximum atomic E-state index is 6.50. The van der Waals surface area contributed by atoms with E-state index in [1.807, 2.05) is 17.4 Å². The molecule has 61 heavy (non-hydrogen) atoms. The minimum Gasteiger partial charge on any atom is -0.455 e. The van der Waals surface area contributed by atoms with Gasteiger partial charge in [-0.3, -0.25) is 0 Å². The number of rotatable bonds is 7. The number of hydrogen-bond acceptors (Lipinski definition) is 3. The zero-order valence-corrected chi connectivity index (χ0v) is 33.9. The summed E-state index contributed by atoms with van der Waals surface area (Å²) >= 11 is 1.86. The van der Waals surface area contributed by atoms with E-state index in [0.717, 1.165) is 61.3 Å². The van der Waals surface area contributed by atoms with Crippen molar-refractivity contribution >= 4 is 81.3 Å². The average molecular weight is 796 g/mol. The van der Waals surface area contributed by atoms with Crippen LogP contribution in [0.4, 0.5) is 17.1 Å². The predicted octanol–water partition coefficient (Wildman–Crippen LogP) is 17.2. The predicted molar refractivity (Wildman–Crippen MR) is 261 cm³/mol. The molecule has 0 bridgehead atoms. The van der Waals surface area contributed by atoms with Gasteiger partial charge in [0.25, 0.3) is 0 Å². The van der Waals surface area contributed by atoms with Crippen LogP contribution in [-0.4, -0.2) is 0 Å². The molecule has 12 rings (SSSR count). The van der Waals surface area contributed by atoms with Gasteiger partial charge < -0.3 is 9.32 Å². The molecule has 0 atom stereocenters. The molecular formula is C58H37NOS. The molecule has 2 aromatic heterocycles. The Bertz CT molecular complexity index is 3560. The van der Waals surface area contributed by atoms with Gasteiger partial charge in [0, 0.05) is 53.6 Å². The van der Waals surface area contributed by atoms with Crippen LogP contribution in [0.25, 0.3) is 97.4 Å². The van der Waals surface area contributed by atoms with Gasteiger partial charge in [-0.1, -0.05) is 158 Å². The Hall–Kier alpha value is -7.72. The average Bonchev–Trinajstić information content (AvgIpc) is 3.91. The maximum absolute atomic E-state index is 6.50. The summed E-state index contributed by atoms with van der Waals surface area (Å²) in [6.07, 6.45) is 0. The summed E-state index contributed by atoms with van der Waals surface area (Å²) in [7, 11) is 0. The molecular weight excluding hydrogens is 759 g/mol. The Morgan fingerprint density at radius 1 is 0.328 bits per heavy atom. The Kier molecular flexibility index (Phi) is 8.39. The Morgan fingerprint density at radius 2 is 0.869 bits per heavy atom. The molecule has 0 fully saturated rings. The zero-order chi connectivity index (χ0) is 40.3. The van der Waals surface area contributed by atoms with E-state index in [-0.39, 0.29) is 0 Å². The standard InChI is InChI=1S/C58H37NOS/c1-2-11-41(12-3-1)50-16-8-17-51-53-37-45(28-35-54(53)60-58(50)51)40-24-31-47(32-25-40)59(46-29-22-39(23-30-46)44-21-20-38-10-4-5-13-43(38)36-44)48-33-26-42(27-34-48)49-15-9-19-56-57(49)52-14-6-7-18-55(52)61-56/h1-37H. The summed E-state index contributed by atoms with van der Waals surface area (Å²) in [4.78, 5) is 2.36. The molecule has 0 spiro atoms. The third-order valence-corrected chi connectivity index (χ3v) is 13.2. The smallest absolute Gasteiger partial charge is 0.143 e. The van der Waals surface area contributed by atoms with Gasteiger partial charge in [0.1, 0.15) is 11.2 Å². The lowest BCUT2D eigenvalue weighted by atomic mass is 9.98. The second-order valence-corrected chi connectivity index (χ2v) is 16.8. The summed E-state index contributed by atoms with van der Waals surface area (Å²) in [5, 5.41) is 7.38. The quantitative estimate of drug-likeness (QED) is 0.160. The first-order valence-corrected chi connectivity index (χ1v) is 21.5. The summed E-state index contributed by atoms with van der Waals surface area (Å²) in [6.45, 7) is 0. The van der Waals surface area contributed by atoms with E-state index in [9.17, 15) is 0 Å². The van der Waals surface area contributed by atoms with E-state index >= 15 is 0 Å². The largest absolute Gasteiger partial charge is 0.455 e. The van der Waals surface area contributed by atoms with Gasteiger partial charge in [0.15, 0.2) is 0 Å². The summed E-state index contributed by atoms with van der Waals surface area (Å²) in [5.41, 5.74) is 14.5. The van der Waals surface area contributed by atoms with E-state index < -0.39 is 0 Å². The van der Waals surface area contributed by atoms with Crippen LogP contribution in [0.15, 0.2) is 229 Å². The first-order valence-electron chi connectivity index (χ1n) is 20.7.